The lowest BCUT2D eigenvalue weighted by molar-refractivity contribution is 0.482. The van der Waals surface area contributed by atoms with E-state index in [9.17, 15) is 16.8 Å². The van der Waals surface area contributed by atoms with E-state index in [1.54, 1.807) is 6.07 Å². The van der Waals surface area contributed by atoms with E-state index in [4.69, 9.17) is 25.9 Å². The van der Waals surface area contributed by atoms with Crippen molar-refractivity contribution in [3.8, 4) is 5.75 Å². The summed E-state index contributed by atoms with van der Waals surface area (Å²) in [5.41, 5.74) is 15.5. The molecule has 0 saturated heterocycles. The van der Waals surface area contributed by atoms with Crippen LogP contribution < -0.4 is 21.4 Å². The molecule has 11 nitrogen and oxygen atoms in total. The summed E-state index contributed by atoms with van der Waals surface area (Å²) in [6.07, 6.45) is 0. The molecule has 0 saturated carbocycles. The van der Waals surface area contributed by atoms with Gasteiger partial charge in [-0.1, -0.05) is 18.2 Å². The third-order valence-corrected chi connectivity index (χ3v) is 5.04. The van der Waals surface area contributed by atoms with Gasteiger partial charge in [0.15, 0.2) is 11.7 Å². The number of guanidine groups is 2. The largest absolute Gasteiger partial charge is 0.377 e. The van der Waals surface area contributed by atoms with Crippen molar-refractivity contribution >= 4 is 37.8 Å². The van der Waals surface area contributed by atoms with Crippen LogP contribution in [0.2, 0.25) is 0 Å². The quantitative estimate of drug-likeness (QED) is 0.224. The normalized spacial score (nSPS) is 12.4. The minimum atomic E-state index is -4.60. The number of nitrogens with two attached hydrogens (primary N) is 3. The van der Waals surface area contributed by atoms with Crippen LogP contribution in [0.1, 0.15) is 0 Å². The molecule has 2 aromatic rings. The maximum absolute atomic E-state index is 12.4. The Kier molecular flexibility index (Phi) is 5.68. The third kappa shape index (κ3) is 5.40. The molecule has 144 valence electrons. The summed E-state index contributed by atoms with van der Waals surface area (Å²) in [4.78, 5) is 6.47. The highest BCUT2D eigenvalue weighted by atomic mass is 32.2. The molecule has 0 aromatic heterocycles. The maximum atomic E-state index is 12.4. The van der Waals surface area contributed by atoms with Crippen LogP contribution in [0.5, 0.6) is 5.75 Å². The van der Waals surface area contributed by atoms with Crippen LogP contribution in [-0.4, -0.2) is 33.3 Å². The van der Waals surface area contributed by atoms with Gasteiger partial charge in [0.1, 0.15) is 10.6 Å². The predicted molar refractivity (Wildman–Crippen MR) is 97.6 cm³/mol. The summed E-state index contributed by atoms with van der Waals surface area (Å²) in [6.45, 7) is 0. The molecular formula is C14H15N5O6S2. The molecule has 0 aliphatic rings. The number of hydrogen-bond acceptors (Lipinski definition) is 6. The van der Waals surface area contributed by atoms with Crippen LogP contribution in [0.4, 0.5) is 5.69 Å². The van der Waals surface area contributed by atoms with Gasteiger partial charge in [0, 0.05) is 0 Å². The molecule has 0 amide bonds. The Labute approximate surface area is 155 Å². The molecule has 0 unspecified atom stereocenters. The van der Waals surface area contributed by atoms with E-state index in [0.717, 1.165) is 18.2 Å². The highest BCUT2D eigenvalue weighted by Crippen LogP contribution is 2.32. The first-order valence-corrected chi connectivity index (χ1v) is 9.89. The summed E-state index contributed by atoms with van der Waals surface area (Å²) in [5.74, 6) is -1.29. The lowest BCUT2D eigenvalue weighted by Gasteiger charge is -2.10. The Balaban J connectivity index is 2.57. The fraction of sp³-hybridized carbons (Fsp3) is 0. The molecule has 0 spiro atoms. The number of hydrogen-bond donors (Lipinski definition) is 4. The van der Waals surface area contributed by atoms with Crippen molar-refractivity contribution in [1.29, 1.82) is 0 Å². The highest BCUT2D eigenvalue weighted by Gasteiger charge is 2.20. The molecule has 0 fully saturated rings. The molecule has 0 atom stereocenters. The number of nitrogens with zero attached hydrogens (tertiary/aromatic N) is 2. The predicted octanol–water partition coefficient (Wildman–Crippen LogP) is -0.0794. The van der Waals surface area contributed by atoms with Crippen molar-refractivity contribution in [1.82, 2.24) is 0 Å². The lowest BCUT2D eigenvalue weighted by Crippen LogP contribution is -2.26. The van der Waals surface area contributed by atoms with Crippen LogP contribution in [-0.2, 0) is 20.2 Å². The SMILES string of the molecule is NC(N)=NC(N)=Nc1cc(S(=O)(=O)O)ccc1OS(=O)(=O)c1ccccc1. The van der Waals surface area contributed by atoms with E-state index in [1.807, 2.05) is 0 Å². The molecular weight excluding hydrogens is 398 g/mol. The molecule has 0 heterocycles. The van der Waals surface area contributed by atoms with Gasteiger partial charge in [-0.15, -0.1) is 0 Å². The smallest absolute Gasteiger partial charge is 0.339 e. The van der Waals surface area contributed by atoms with E-state index < -0.39 is 37.1 Å². The van der Waals surface area contributed by atoms with Gasteiger partial charge in [-0.3, -0.25) is 4.55 Å². The fourth-order valence-electron chi connectivity index (χ4n) is 1.85. The van der Waals surface area contributed by atoms with Crippen molar-refractivity contribution < 1.29 is 25.6 Å². The van der Waals surface area contributed by atoms with E-state index in [0.29, 0.717) is 0 Å². The van der Waals surface area contributed by atoms with Gasteiger partial charge in [0.2, 0.25) is 5.96 Å². The first-order chi connectivity index (χ1) is 12.5. The minimum absolute atomic E-state index is 0.143. The Morgan fingerprint density at radius 1 is 0.926 bits per heavy atom. The standard InChI is InChI=1S/C14H15N5O6S2/c15-13(16)19-14(17)18-11-8-10(26(20,21)22)6-7-12(11)25-27(23,24)9-4-2-1-3-5-9/h1-8H,(H,20,21,22)(H6,15,16,17,18,19). The van der Waals surface area contributed by atoms with Gasteiger partial charge in [-0.2, -0.15) is 21.8 Å². The van der Waals surface area contributed by atoms with Crippen molar-refractivity contribution in [2.24, 2.45) is 27.2 Å². The van der Waals surface area contributed by atoms with Crippen molar-refractivity contribution in [3.05, 3.63) is 48.5 Å². The molecule has 13 heteroatoms. The molecule has 27 heavy (non-hydrogen) atoms. The zero-order valence-electron chi connectivity index (χ0n) is 13.6. The van der Waals surface area contributed by atoms with E-state index in [-0.39, 0.29) is 16.3 Å². The average molecular weight is 413 g/mol. The minimum Gasteiger partial charge on any atom is -0.377 e. The molecule has 0 aliphatic carbocycles. The maximum Gasteiger partial charge on any atom is 0.339 e. The summed E-state index contributed by atoms with van der Waals surface area (Å²) >= 11 is 0. The Morgan fingerprint density at radius 2 is 1.56 bits per heavy atom. The number of benzene rings is 2. The summed E-state index contributed by atoms with van der Waals surface area (Å²) in [5, 5.41) is 0. The van der Waals surface area contributed by atoms with Gasteiger partial charge < -0.3 is 21.4 Å². The van der Waals surface area contributed by atoms with Crippen molar-refractivity contribution in [2.75, 3.05) is 0 Å². The monoisotopic (exact) mass is 413 g/mol. The van der Waals surface area contributed by atoms with Crippen LogP contribution >= 0.6 is 0 Å². The van der Waals surface area contributed by atoms with Gasteiger partial charge in [-0.25, -0.2) is 4.99 Å². The van der Waals surface area contributed by atoms with Crippen LogP contribution in [0, 0.1) is 0 Å². The summed E-state index contributed by atoms with van der Waals surface area (Å²) in [7, 11) is -8.85. The first kappa shape index (κ1) is 20.2. The topological polar surface area (TPSA) is 201 Å². The summed E-state index contributed by atoms with van der Waals surface area (Å²) in [6, 6.07) is 9.98. The molecule has 2 rings (SSSR count). The van der Waals surface area contributed by atoms with Crippen molar-refractivity contribution in [2.45, 2.75) is 9.79 Å². The molecule has 0 aliphatic heterocycles. The number of aliphatic imine (C=N–C) groups is 2. The van der Waals surface area contributed by atoms with Crippen LogP contribution in [0.25, 0.3) is 0 Å². The van der Waals surface area contributed by atoms with E-state index in [2.05, 4.69) is 9.98 Å². The second kappa shape index (κ2) is 7.61. The van der Waals surface area contributed by atoms with Crippen LogP contribution in [0.15, 0.2) is 68.3 Å². The molecule has 0 bridgehead atoms. The highest BCUT2D eigenvalue weighted by molar-refractivity contribution is 7.87. The fourth-order valence-corrected chi connectivity index (χ4v) is 3.31. The van der Waals surface area contributed by atoms with E-state index >= 15 is 0 Å². The zero-order chi connectivity index (χ0) is 20.2. The Bertz CT molecular complexity index is 1110. The van der Waals surface area contributed by atoms with Gasteiger partial charge in [0.05, 0.1) is 4.90 Å². The molecule has 0 radical (unpaired) electrons. The van der Waals surface area contributed by atoms with E-state index in [1.165, 1.54) is 24.3 Å². The van der Waals surface area contributed by atoms with Crippen LogP contribution in [0.3, 0.4) is 0 Å². The second-order valence-corrected chi connectivity index (χ2v) is 7.93. The van der Waals surface area contributed by atoms with Crippen molar-refractivity contribution in [3.63, 3.8) is 0 Å². The second-order valence-electron chi connectivity index (χ2n) is 4.96. The molecule has 7 N–H and O–H groups in total. The molecule has 2 aromatic carbocycles. The van der Waals surface area contributed by atoms with Gasteiger partial charge in [0.25, 0.3) is 10.1 Å². The lowest BCUT2D eigenvalue weighted by atomic mass is 10.3. The van der Waals surface area contributed by atoms with Gasteiger partial charge >= 0.3 is 10.1 Å². The Morgan fingerprint density at radius 3 is 2.11 bits per heavy atom. The first-order valence-electron chi connectivity index (χ1n) is 7.04. The van der Waals surface area contributed by atoms with Gasteiger partial charge in [-0.05, 0) is 30.3 Å². The third-order valence-electron chi connectivity index (χ3n) is 2.94. The summed E-state index contributed by atoms with van der Waals surface area (Å²) < 4.78 is 61.5. The Hall–Kier alpha value is -3.16. The average Bonchev–Trinajstić information content (AvgIpc) is 2.55. The zero-order valence-corrected chi connectivity index (χ0v) is 15.2. The number of rotatable bonds is 5.